The highest BCUT2D eigenvalue weighted by atomic mass is 35.5. The molecule has 5 nitrogen and oxygen atoms in total. The Bertz CT molecular complexity index is 879. The lowest BCUT2D eigenvalue weighted by molar-refractivity contribution is -0.130. The number of carbonyl (C=O) groups is 1. The van der Waals surface area contributed by atoms with Gasteiger partial charge in [-0.05, 0) is 42.2 Å². The van der Waals surface area contributed by atoms with Gasteiger partial charge in [0.25, 0.3) is 0 Å². The van der Waals surface area contributed by atoms with Crippen molar-refractivity contribution in [1.29, 1.82) is 0 Å². The molecule has 1 unspecified atom stereocenters. The first-order valence-corrected chi connectivity index (χ1v) is 11.5. The number of ether oxygens (including phenoxy) is 2. The summed E-state index contributed by atoms with van der Waals surface area (Å²) >= 11 is 12.6. The van der Waals surface area contributed by atoms with E-state index < -0.39 is 5.41 Å². The largest absolute Gasteiger partial charge is 0.381 e. The van der Waals surface area contributed by atoms with Crippen LogP contribution in [0.2, 0.25) is 10.0 Å². The fourth-order valence-electron chi connectivity index (χ4n) is 4.56. The normalized spacial score (nSPS) is 20.2. The summed E-state index contributed by atoms with van der Waals surface area (Å²) in [5.41, 5.74) is 1.40. The first-order chi connectivity index (χ1) is 15.1. The van der Waals surface area contributed by atoms with Crippen molar-refractivity contribution in [1.82, 2.24) is 10.2 Å². The van der Waals surface area contributed by atoms with Gasteiger partial charge in [0.15, 0.2) is 0 Å². The lowest BCUT2D eigenvalue weighted by atomic mass is 9.73. The second kappa shape index (κ2) is 10.3. The highest BCUT2D eigenvalue weighted by Gasteiger charge is 2.42. The van der Waals surface area contributed by atoms with Crippen LogP contribution in [-0.4, -0.2) is 56.9 Å². The minimum Gasteiger partial charge on any atom is -0.381 e. The number of halogens is 2. The smallest absolute Gasteiger partial charge is 0.230 e. The highest BCUT2D eigenvalue weighted by Crippen LogP contribution is 2.36. The van der Waals surface area contributed by atoms with E-state index >= 15 is 0 Å². The maximum atomic E-state index is 13.6. The fraction of sp³-hybridized carbons (Fsp3) is 0.458. The molecule has 0 spiro atoms. The van der Waals surface area contributed by atoms with Crippen molar-refractivity contribution in [2.75, 3.05) is 46.1 Å². The molecule has 2 saturated heterocycles. The summed E-state index contributed by atoms with van der Waals surface area (Å²) in [4.78, 5) is 16.0. The van der Waals surface area contributed by atoms with E-state index in [4.69, 9.17) is 32.7 Å². The van der Waals surface area contributed by atoms with Gasteiger partial charge in [0.05, 0.1) is 24.7 Å². The molecule has 2 aliphatic rings. The number of nitrogens with one attached hydrogen (secondary N) is 1. The van der Waals surface area contributed by atoms with Gasteiger partial charge in [-0.2, -0.15) is 0 Å². The van der Waals surface area contributed by atoms with E-state index in [1.807, 2.05) is 48.5 Å². The van der Waals surface area contributed by atoms with Gasteiger partial charge in [-0.15, -0.1) is 0 Å². The second-order valence-electron chi connectivity index (χ2n) is 8.10. The Morgan fingerprint density at radius 2 is 1.61 bits per heavy atom. The van der Waals surface area contributed by atoms with Crippen molar-refractivity contribution >= 4 is 29.1 Å². The Labute approximate surface area is 193 Å². The van der Waals surface area contributed by atoms with Gasteiger partial charge >= 0.3 is 0 Å². The zero-order chi connectivity index (χ0) is 21.7. The average Bonchev–Trinajstić information content (AvgIpc) is 2.82. The summed E-state index contributed by atoms with van der Waals surface area (Å²) in [6, 6.07) is 15.5. The molecule has 2 fully saturated rings. The third-order valence-electron chi connectivity index (χ3n) is 6.38. The predicted octanol–water partition coefficient (Wildman–Crippen LogP) is 4.23. The van der Waals surface area contributed by atoms with Crippen LogP contribution in [-0.2, 0) is 19.7 Å². The number of rotatable bonds is 6. The molecular weight excluding hydrogens is 435 g/mol. The van der Waals surface area contributed by atoms with Crippen LogP contribution in [0.4, 0.5) is 0 Å². The van der Waals surface area contributed by atoms with Gasteiger partial charge in [-0.25, -0.2) is 0 Å². The second-order valence-corrected chi connectivity index (χ2v) is 8.94. The summed E-state index contributed by atoms with van der Waals surface area (Å²) < 4.78 is 11.1. The molecule has 166 valence electrons. The Balaban J connectivity index is 1.56. The third-order valence-corrected chi connectivity index (χ3v) is 6.98. The SMILES string of the molecule is O=C(NCC(c1ccccc1Cl)N1CCOCC1)C1(c2ccc(Cl)cc2)CCOCC1. The molecule has 0 saturated carbocycles. The molecule has 1 N–H and O–H groups in total. The lowest BCUT2D eigenvalue weighted by Gasteiger charge is -2.38. The van der Waals surface area contributed by atoms with E-state index in [0.29, 0.717) is 55.9 Å². The molecular formula is C24H28Cl2N2O3. The van der Waals surface area contributed by atoms with Crippen LogP contribution < -0.4 is 5.32 Å². The number of benzene rings is 2. The van der Waals surface area contributed by atoms with Gasteiger partial charge in [0.1, 0.15) is 0 Å². The van der Waals surface area contributed by atoms with Crippen LogP contribution in [0.5, 0.6) is 0 Å². The van der Waals surface area contributed by atoms with Crippen LogP contribution >= 0.6 is 23.2 Å². The monoisotopic (exact) mass is 462 g/mol. The number of nitrogens with zero attached hydrogens (tertiary/aromatic N) is 1. The maximum absolute atomic E-state index is 13.6. The summed E-state index contributed by atoms with van der Waals surface area (Å²) in [6.45, 7) is 4.59. The number of amides is 1. The van der Waals surface area contributed by atoms with Crippen LogP contribution in [0.3, 0.4) is 0 Å². The van der Waals surface area contributed by atoms with E-state index in [2.05, 4.69) is 10.2 Å². The average molecular weight is 463 g/mol. The molecule has 2 aliphatic heterocycles. The van der Waals surface area contributed by atoms with Crippen molar-refractivity contribution in [3.63, 3.8) is 0 Å². The standard InChI is InChI=1S/C24H28Cl2N2O3/c25-19-7-5-18(6-8-19)24(9-13-30-14-10-24)23(29)27-17-22(28-11-15-31-16-12-28)20-3-1-2-4-21(20)26/h1-8,22H,9-17H2,(H,27,29). The maximum Gasteiger partial charge on any atom is 0.230 e. The molecule has 4 rings (SSSR count). The molecule has 7 heteroatoms. The van der Waals surface area contributed by atoms with Crippen LogP contribution in [0.25, 0.3) is 0 Å². The molecule has 31 heavy (non-hydrogen) atoms. The summed E-state index contributed by atoms with van der Waals surface area (Å²) in [6.07, 6.45) is 1.30. The Kier molecular flexibility index (Phi) is 7.51. The summed E-state index contributed by atoms with van der Waals surface area (Å²) in [5.74, 6) is 0.0310. The fourth-order valence-corrected chi connectivity index (χ4v) is 4.95. The molecule has 2 aromatic rings. The zero-order valence-electron chi connectivity index (χ0n) is 17.5. The summed E-state index contributed by atoms with van der Waals surface area (Å²) in [5, 5.41) is 4.64. The topological polar surface area (TPSA) is 50.8 Å². The minimum atomic E-state index is -0.612. The van der Waals surface area contributed by atoms with E-state index in [9.17, 15) is 4.79 Å². The van der Waals surface area contributed by atoms with Crippen molar-refractivity contribution in [3.05, 3.63) is 69.7 Å². The number of carbonyl (C=O) groups excluding carboxylic acids is 1. The zero-order valence-corrected chi connectivity index (χ0v) is 19.0. The molecule has 2 heterocycles. The van der Waals surface area contributed by atoms with Crippen LogP contribution in [0.15, 0.2) is 48.5 Å². The predicted molar refractivity (Wildman–Crippen MR) is 123 cm³/mol. The number of morpholine rings is 1. The number of hydrogen-bond donors (Lipinski definition) is 1. The van der Waals surface area contributed by atoms with Gasteiger partial charge in [0, 0.05) is 42.9 Å². The Morgan fingerprint density at radius 1 is 0.968 bits per heavy atom. The van der Waals surface area contributed by atoms with Crippen molar-refractivity contribution in [3.8, 4) is 0 Å². The van der Waals surface area contributed by atoms with E-state index in [-0.39, 0.29) is 11.9 Å². The Morgan fingerprint density at radius 3 is 2.29 bits per heavy atom. The quantitative estimate of drug-likeness (QED) is 0.697. The third kappa shape index (κ3) is 5.07. The highest BCUT2D eigenvalue weighted by molar-refractivity contribution is 6.31. The first-order valence-electron chi connectivity index (χ1n) is 10.8. The molecule has 0 aliphatic carbocycles. The minimum absolute atomic E-state index is 0.0105. The molecule has 0 radical (unpaired) electrons. The number of hydrogen-bond acceptors (Lipinski definition) is 4. The molecule has 1 amide bonds. The van der Waals surface area contributed by atoms with Gasteiger partial charge in [-0.3, -0.25) is 9.69 Å². The van der Waals surface area contributed by atoms with Gasteiger partial charge in [0.2, 0.25) is 5.91 Å². The van der Waals surface area contributed by atoms with Crippen molar-refractivity contribution in [2.45, 2.75) is 24.3 Å². The molecule has 0 aromatic heterocycles. The van der Waals surface area contributed by atoms with E-state index in [1.165, 1.54) is 0 Å². The van der Waals surface area contributed by atoms with Crippen molar-refractivity contribution < 1.29 is 14.3 Å². The van der Waals surface area contributed by atoms with E-state index in [1.54, 1.807) is 0 Å². The Hall–Kier alpha value is -1.63. The van der Waals surface area contributed by atoms with Crippen molar-refractivity contribution in [2.24, 2.45) is 0 Å². The molecule has 0 bridgehead atoms. The lowest BCUT2D eigenvalue weighted by Crippen LogP contribution is -2.51. The summed E-state index contributed by atoms with van der Waals surface area (Å²) in [7, 11) is 0. The van der Waals surface area contributed by atoms with Crippen LogP contribution in [0, 0.1) is 0 Å². The molecule has 1 atom stereocenters. The first kappa shape index (κ1) is 22.6. The van der Waals surface area contributed by atoms with E-state index in [0.717, 1.165) is 24.2 Å². The van der Waals surface area contributed by atoms with Gasteiger partial charge in [-0.1, -0.05) is 53.5 Å². The van der Waals surface area contributed by atoms with Crippen LogP contribution in [0.1, 0.15) is 30.0 Å². The van der Waals surface area contributed by atoms with Gasteiger partial charge < -0.3 is 14.8 Å². The molecule has 2 aromatic carbocycles.